The minimum atomic E-state index is -0.573. The number of aliphatic hydroxyl groups excluding tert-OH is 1. The summed E-state index contributed by atoms with van der Waals surface area (Å²) in [6.07, 6.45) is 1.63. The summed E-state index contributed by atoms with van der Waals surface area (Å²) in [7, 11) is 0. The fourth-order valence-electron chi connectivity index (χ4n) is 3.34. The zero-order valence-electron chi connectivity index (χ0n) is 13.7. The lowest BCUT2D eigenvalue weighted by Gasteiger charge is -2.20. The van der Waals surface area contributed by atoms with E-state index in [2.05, 4.69) is 16.9 Å². The summed E-state index contributed by atoms with van der Waals surface area (Å²) in [4.78, 5) is 30.7. The molecular weight excluding hydrogens is 332 g/mol. The van der Waals surface area contributed by atoms with Gasteiger partial charge in [-0.25, -0.2) is 0 Å². The second-order valence-corrected chi connectivity index (χ2v) is 7.13. The van der Waals surface area contributed by atoms with Crippen LogP contribution in [-0.2, 0) is 4.74 Å². The van der Waals surface area contributed by atoms with E-state index in [1.165, 1.54) is 4.57 Å². The molecule has 4 N–H and O–H groups in total. The van der Waals surface area contributed by atoms with Crippen molar-refractivity contribution < 1.29 is 9.84 Å². The van der Waals surface area contributed by atoms with Gasteiger partial charge in [0.1, 0.15) is 10.9 Å². The number of nitrogen functional groups attached to an aromatic ring is 1. The van der Waals surface area contributed by atoms with Crippen molar-refractivity contribution in [3.63, 3.8) is 0 Å². The number of nitrogens with zero attached hydrogens (tertiary/aromatic N) is 2. The van der Waals surface area contributed by atoms with Gasteiger partial charge in [0, 0.05) is 5.92 Å². The van der Waals surface area contributed by atoms with Gasteiger partial charge in [-0.2, -0.15) is 4.98 Å². The van der Waals surface area contributed by atoms with Crippen LogP contribution >= 0.6 is 11.3 Å². The van der Waals surface area contributed by atoms with Crippen LogP contribution in [0.15, 0.2) is 9.59 Å². The van der Waals surface area contributed by atoms with E-state index in [9.17, 15) is 14.7 Å². The molecule has 132 valence electrons. The zero-order valence-corrected chi connectivity index (χ0v) is 14.5. The van der Waals surface area contributed by atoms with Gasteiger partial charge in [-0.05, 0) is 19.3 Å². The molecule has 2 aromatic heterocycles. The number of aromatic amines is 1. The number of H-pyrrole nitrogens is 1. The highest BCUT2D eigenvalue weighted by Gasteiger charge is 2.40. The molecule has 2 aromatic rings. The number of ether oxygens (including phenoxy) is 1. The highest BCUT2D eigenvalue weighted by atomic mass is 32.1. The summed E-state index contributed by atoms with van der Waals surface area (Å²) < 4.78 is 7.69. The average molecular weight is 354 g/mol. The lowest BCUT2D eigenvalue weighted by molar-refractivity contribution is -0.0658. The molecule has 1 aliphatic rings. The topological polar surface area (TPSA) is 123 Å². The monoisotopic (exact) mass is 354 g/mol. The zero-order chi connectivity index (χ0) is 17.4. The van der Waals surface area contributed by atoms with Crippen molar-refractivity contribution in [3.05, 3.63) is 20.0 Å². The first kappa shape index (κ1) is 17.1. The molecule has 0 saturated carbocycles. The molecular formula is C15H22N4O4S. The standard InChI is InChI=1S/C15H22N4O4S/c1-3-5-7-6-9(8(20)4-2)23-13(7)19-11-10(24-15(19)22)12(21)18-14(16)17-11/h7-9,13,20H,3-6H2,1-2H3,(H3,16,17,18,21)/t7-,8?,9?,13?/m1/s1. The van der Waals surface area contributed by atoms with Crippen LogP contribution in [0.25, 0.3) is 10.3 Å². The normalized spacial score (nSPS) is 25.4. The van der Waals surface area contributed by atoms with Crippen LogP contribution < -0.4 is 16.2 Å². The largest absolute Gasteiger partial charge is 0.390 e. The van der Waals surface area contributed by atoms with Crippen LogP contribution in [0.3, 0.4) is 0 Å². The fraction of sp³-hybridized carbons (Fsp3) is 0.667. The molecule has 1 fully saturated rings. The lowest BCUT2D eigenvalue weighted by atomic mass is 9.95. The molecule has 1 saturated heterocycles. The summed E-state index contributed by atoms with van der Waals surface area (Å²) in [6.45, 7) is 3.96. The minimum Gasteiger partial charge on any atom is -0.390 e. The molecule has 1 aliphatic heterocycles. The Morgan fingerprint density at radius 1 is 1.50 bits per heavy atom. The van der Waals surface area contributed by atoms with E-state index in [-0.39, 0.29) is 33.2 Å². The van der Waals surface area contributed by atoms with Crippen LogP contribution in [0.4, 0.5) is 5.95 Å². The Hall–Kier alpha value is -1.71. The first-order valence-corrected chi connectivity index (χ1v) is 9.02. The molecule has 9 heteroatoms. The second-order valence-electron chi connectivity index (χ2n) is 6.17. The molecule has 0 spiro atoms. The Bertz CT molecular complexity index is 842. The summed E-state index contributed by atoms with van der Waals surface area (Å²) in [5, 5.41) is 10.1. The molecule has 3 heterocycles. The number of thiazole rings is 1. The van der Waals surface area contributed by atoms with Crippen molar-refractivity contribution in [2.24, 2.45) is 5.92 Å². The van der Waals surface area contributed by atoms with Crippen LogP contribution in [0.5, 0.6) is 0 Å². The van der Waals surface area contributed by atoms with Crippen molar-refractivity contribution in [2.45, 2.75) is 58.0 Å². The SMILES string of the molecule is CCC[C@@H]1CC(C(O)CC)OC1n1c(=O)sc2c(=O)[nH]c(N)nc21. The minimum absolute atomic E-state index is 0.0331. The van der Waals surface area contributed by atoms with Crippen LogP contribution in [0, 0.1) is 5.92 Å². The summed E-state index contributed by atoms with van der Waals surface area (Å²) >= 11 is 0.840. The Kier molecular flexibility index (Phi) is 4.75. The van der Waals surface area contributed by atoms with Crippen molar-refractivity contribution >= 4 is 27.6 Å². The maximum absolute atomic E-state index is 12.5. The van der Waals surface area contributed by atoms with Crippen LogP contribution in [0.1, 0.15) is 45.8 Å². The molecule has 0 bridgehead atoms. The molecule has 3 rings (SSSR count). The van der Waals surface area contributed by atoms with Crippen molar-refractivity contribution in [1.29, 1.82) is 0 Å². The Balaban J connectivity index is 2.09. The molecule has 4 atom stereocenters. The number of nitrogens with two attached hydrogens (primary N) is 1. The van der Waals surface area contributed by atoms with E-state index >= 15 is 0 Å². The fourth-order valence-corrected chi connectivity index (χ4v) is 4.19. The van der Waals surface area contributed by atoms with Gasteiger partial charge >= 0.3 is 4.87 Å². The van der Waals surface area contributed by atoms with Gasteiger partial charge in [0.25, 0.3) is 5.56 Å². The maximum atomic E-state index is 12.5. The van der Waals surface area contributed by atoms with Gasteiger partial charge < -0.3 is 15.6 Å². The predicted octanol–water partition coefficient (Wildman–Crippen LogP) is 1.20. The average Bonchev–Trinajstić information content (AvgIpc) is 3.08. The second kappa shape index (κ2) is 6.66. The third kappa shape index (κ3) is 2.87. The number of nitrogens with one attached hydrogen (secondary N) is 1. The number of fused-ring (bicyclic) bond motifs is 1. The van der Waals surface area contributed by atoms with Gasteiger partial charge in [0.15, 0.2) is 5.65 Å². The number of aromatic nitrogens is 3. The first-order valence-electron chi connectivity index (χ1n) is 8.20. The van der Waals surface area contributed by atoms with E-state index in [1.807, 2.05) is 6.92 Å². The quantitative estimate of drug-likeness (QED) is 0.741. The number of aliphatic hydroxyl groups is 1. The van der Waals surface area contributed by atoms with Gasteiger partial charge in [-0.3, -0.25) is 19.1 Å². The molecule has 24 heavy (non-hydrogen) atoms. The van der Waals surface area contributed by atoms with Gasteiger partial charge in [0.05, 0.1) is 12.2 Å². The summed E-state index contributed by atoms with van der Waals surface area (Å²) in [5.74, 6) is 0.0493. The van der Waals surface area contributed by atoms with Crippen LogP contribution in [0.2, 0.25) is 0 Å². The maximum Gasteiger partial charge on any atom is 0.311 e. The number of hydrogen-bond donors (Lipinski definition) is 3. The van der Waals surface area contributed by atoms with E-state index in [4.69, 9.17) is 10.5 Å². The highest BCUT2D eigenvalue weighted by molar-refractivity contribution is 7.16. The highest BCUT2D eigenvalue weighted by Crippen LogP contribution is 2.39. The van der Waals surface area contributed by atoms with Crippen molar-refractivity contribution in [2.75, 3.05) is 5.73 Å². The molecule has 3 unspecified atom stereocenters. The van der Waals surface area contributed by atoms with Crippen LogP contribution in [-0.4, -0.2) is 31.8 Å². The van der Waals surface area contributed by atoms with Gasteiger partial charge in [-0.1, -0.05) is 31.6 Å². The third-order valence-electron chi connectivity index (χ3n) is 4.51. The third-order valence-corrected chi connectivity index (χ3v) is 5.45. The predicted molar refractivity (Wildman–Crippen MR) is 92.1 cm³/mol. The molecule has 0 amide bonds. The van der Waals surface area contributed by atoms with Crippen molar-refractivity contribution in [1.82, 2.24) is 14.5 Å². The summed E-state index contributed by atoms with van der Waals surface area (Å²) in [5.41, 5.74) is 5.46. The first-order chi connectivity index (χ1) is 11.5. The molecule has 0 aliphatic carbocycles. The number of hydrogen-bond acceptors (Lipinski definition) is 7. The molecule has 0 radical (unpaired) electrons. The molecule has 0 aromatic carbocycles. The number of anilines is 1. The van der Waals surface area contributed by atoms with E-state index < -0.39 is 17.9 Å². The Labute approximate surface area is 142 Å². The van der Waals surface area contributed by atoms with Gasteiger partial charge in [-0.15, -0.1) is 0 Å². The Morgan fingerprint density at radius 2 is 2.25 bits per heavy atom. The van der Waals surface area contributed by atoms with Crippen molar-refractivity contribution in [3.8, 4) is 0 Å². The van der Waals surface area contributed by atoms with Gasteiger partial charge in [0.2, 0.25) is 5.95 Å². The van der Waals surface area contributed by atoms with E-state index in [0.29, 0.717) is 12.8 Å². The lowest BCUT2D eigenvalue weighted by Crippen LogP contribution is -2.27. The summed E-state index contributed by atoms with van der Waals surface area (Å²) in [6, 6.07) is 0. The van der Waals surface area contributed by atoms with E-state index in [1.54, 1.807) is 0 Å². The Morgan fingerprint density at radius 3 is 2.92 bits per heavy atom. The van der Waals surface area contributed by atoms with E-state index in [0.717, 1.165) is 24.2 Å². The smallest absolute Gasteiger partial charge is 0.311 e. The number of rotatable bonds is 5. The molecule has 8 nitrogen and oxygen atoms in total.